The van der Waals surface area contributed by atoms with Crippen molar-refractivity contribution in [2.45, 2.75) is 52.0 Å². The maximum absolute atomic E-state index is 12.9. The summed E-state index contributed by atoms with van der Waals surface area (Å²) in [6.45, 7) is 7.89. The van der Waals surface area contributed by atoms with Gasteiger partial charge in [0.05, 0.1) is 16.8 Å². The molecule has 1 amide bonds. The molecule has 0 spiro atoms. The second-order valence-electron chi connectivity index (χ2n) is 11.8. The number of carbonyl (C=O) groups is 1. The Morgan fingerprint density at radius 3 is 2.73 bits per heavy atom. The Balaban J connectivity index is 1.35. The summed E-state index contributed by atoms with van der Waals surface area (Å²) < 4.78 is 0. The average Bonchev–Trinajstić information content (AvgIpc) is 3.34. The van der Waals surface area contributed by atoms with Gasteiger partial charge in [-0.3, -0.25) is 4.79 Å². The number of piperidine rings is 1. The minimum Gasteiger partial charge on any atom is -0.381 e. The molecule has 6 rings (SSSR count). The molecule has 1 atom stereocenters. The van der Waals surface area contributed by atoms with E-state index in [1.807, 2.05) is 18.9 Å². The lowest BCUT2D eigenvalue weighted by Crippen LogP contribution is -2.42. The maximum Gasteiger partial charge on any atom is 0.225 e. The van der Waals surface area contributed by atoms with Gasteiger partial charge in [0.15, 0.2) is 0 Å². The quantitative estimate of drug-likeness (QED) is 0.420. The molecule has 2 N–H and O–H groups in total. The highest BCUT2D eigenvalue weighted by Crippen LogP contribution is 2.43. The van der Waals surface area contributed by atoms with Gasteiger partial charge < -0.3 is 25.3 Å². The lowest BCUT2D eigenvalue weighted by Gasteiger charge is -2.38. The third-order valence-electron chi connectivity index (χ3n) is 8.96. The van der Waals surface area contributed by atoms with Gasteiger partial charge in [0, 0.05) is 55.8 Å². The Morgan fingerprint density at radius 1 is 1.18 bits per heavy atom. The Kier molecular flexibility index (Phi) is 7.44. The number of fused-ring (bicyclic) bond motifs is 4. The second-order valence-corrected chi connectivity index (χ2v) is 12.9. The second kappa shape index (κ2) is 11.0. The van der Waals surface area contributed by atoms with Gasteiger partial charge in [0.1, 0.15) is 17.0 Å². The van der Waals surface area contributed by atoms with E-state index in [1.54, 1.807) is 17.7 Å². The van der Waals surface area contributed by atoms with Crippen molar-refractivity contribution in [1.82, 2.24) is 19.8 Å². The number of nitrogens with one attached hydrogen (secondary N) is 2. The molecule has 0 radical (unpaired) electrons. The van der Waals surface area contributed by atoms with Crippen LogP contribution in [0.2, 0.25) is 0 Å². The van der Waals surface area contributed by atoms with Crippen molar-refractivity contribution < 1.29 is 4.79 Å². The predicted molar refractivity (Wildman–Crippen MR) is 167 cm³/mol. The number of hydrogen-bond donors (Lipinski definition) is 2. The molecule has 4 heterocycles. The third-order valence-corrected chi connectivity index (χ3v) is 10.1. The maximum atomic E-state index is 12.9. The smallest absolute Gasteiger partial charge is 0.225 e. The van der Waals surface area contributed by atoms with Gasteiger partial charge in [0.25, 0.3) is 0 Å². The highest BCUT2D eigenvalue weighted by Gasteiger charge is 2.31. The van der Waals surface area contributed by atoms with Gasteiger partial charge in [-0.25, -0.2) is 9.97 Å². The first kappa shape index (κ1) is 27.0. The predicted octanol–water partition coefficient (Wildman–Crippen LogP) is 5.38. The molecule has 212 valence electrons. The Morgan fingerprint density at radius 2 is 1.98 bits per heavy atom. The highest BCUT2D eigenvalue weighted by molar-refractivity contribution is 7.19. The van der Waals surface area contributed by atoms with E-state index in [4.69, 9.17) is 4.98 Å². The van der Waals surface area contributed by atoms with E-state index in [9.17, 15) is 4.79 Å². The van der Waals surface area contributed by atoms with Crippen molar-refractivity contribution in [2.24, 2.45) is 5.92 Å². The molecule has 9 heteroatoms. The molecule has 0 bridgehead atoms. The van der Waals surface area contributed by atoms with Gasteiger partial charge in [0.2, 0.25) is 5.91 Å². The molecule has 3 aliphatic rings. The number of thiophene rings is 1. The summed E-state index contributed by atoms with van der Waals surface area (Å²) in [4.78, 5) is 31.4. The number of benzene rings is 1. The van der Waals surface area contributed by atoms with Crippen LogP contribution < -0.4 is 15.5 Å². The lowest BCUT2D eigenvalue weighted by atomic mass is 9.87. The van der Waals surface area contributed by atoms with E-state index in [-0.39, 0.29) is 11.8 Å². The number of carbonyl (C=O) groups excluding carboxylic acids is 1. The molecule has 2 aromatic heterocycles. The number of aryl methyl sites for hydroxylation is 1. The highest BCUT2D eigenvalue weighted by atomic mass is 32.1. The molecule has 1 aromatic carbocycles. The van der Waals surface area contributed by atoms with Crippen LogP contribution in [-0.2, 0) is 17.6 Å². The van der Waals surface area contributed by atoms with Crippen LogP contribution in [0.4, 0.5) is 22.9 Å². The standard InChI is InChI=1S/C31H41N7OS/c1-6-37(5)31(39)20-7-8-23-27(15-20)40-30-28(23)29(33-18-34-30)35-25-14-21-13-19(2)17-32-24(21)16-26(25)38-11-9-22(10-12-38)36(3)4/h13-14,16,18,20,22,32H,6-12,15,17H2,1-5H3,(H,33,34,35). The SMILES string of the molecule is CCN(C)C(=O)C1CCc2c(sc3ncnc(Nc4cc5c(cc4N4CCC(N(C)C)CC4)NCC(C)=C5)c23)C1. The third kappa shape index (κ3) is 5.05. The largest absolute Gasteiger partial charge is 0.381 e. The fourth-order valence-corrected chi connectivity index (χ4v) is 7.69. The van der Waals surface area contributed by atoms with Crippen molar-refractivity contribution in [3.63, 3.8) is 0 Å². The van der Waals surface area contributed by atoms with Gasteiger partial charge in [-0.2, -0.15) is 0 Å². The Labute approximate surface area is 241 Å². The van der Waals surface area contributed by atoms with E-state index in [0.717, 1.165) is 80.0 Å². The fourth-order valence-electron chi connectivity index (χ4n) is 6.42. The Hall–Kier alpha value is -3.17. The van der Waals surface area contributed by atoms with Crippen molar-refractivity contribution in [3.8, 4) is 0 Å². The van der Waals surface area contributed by atoms with E-state index in [2.05, 4.69) is 64.6 Å². The summed E-state index contributed by atoms with van der Waals surface area (Å²) >= 11 is 1.73. The van der Waals surface area contributed by atoms with Crippen molar-refractivity contribution >= 4 is 56.4 Å². The molecule has 1 saturated heterocycles. The van der Waals surface area contributed by atoms with E-state index in [0.29, 0.717) is 6.04 Å². The van der Waals surface area contributed by atoms with Crippen molar-refractivity contribution in [1.29, 1.82) is 0 Å². The first-order chi connectivity index (χ1) is 19.3. The fraction of sp³-hybridized carbons (Fsp3) is 0.516. The van der Waals surface area contributed by atoms with Gasteiger partial charge in [-0.05, 0) is 83.3 Å². The monoisotopic (exact) mass is 559 g/mol. The van der Waals surface area contributed by atoms with Gasteiger partial charge >= 0.3 is 0 Å². The van der Waals surface area contributed by atoms with Crippen molar-refractivity contribution in [2.75, 3.05) is 62.9 Å². The first-order valence-electron chi connectivity index (χ1n) is 14.6. The lowest BCUT2D eigenvalue weighted by molar-refractivity contribution is -0.134. The van der Waals surface area contributed by atoms with Crippen LogP contribution in [0.25, 0.3) is 16.3 Å². The normalized spacial score (nSPS) is 19.2. The molecule has 8 nitrogen and oxygen atoms in total. The summed E-state index contributed by atoms with van der Waals surface area (Å²) in [6, 6.07) is 5.22. The minimum absolute atomic E-state index is 0.0507. The minimum atomic E-state index is 0.0507. The van der Waals surface area contributed by atoms with Crippen molar-refractivity contribution in [3.05, 3.63) is 40.0 Å². The topological polar surface area (TPSA) is 76.6 Å². The molecular weight excluding hydrogens is 518 g/mol. The van der Waals surface area contributed by atoms with Crippen LogP contribution in [0.3, 0.4) is 0 Å². The zero-order chi connectivity index (χ0) is 28.0. The summed E-state index contributed by atoms with van der Waals surface area (Å²) in [5.74, 6) is 1.17. The van der Waals surface area contributed by atoms with Gasteiger partial charge in [-0.1, -0.05) is 11.6 Å². The molecule has 1 fully saturated rings. The number of hydrogen-bond acceptors (Lipinski definition) is 8. The number of rotatable bonds is 6. The number of aromatic nitrogens is 2. The van der Waals surface area contributed by atoms with E-state index in [1.165, 1.54) is 33.0 Å². The Bertz CT molecular complexity index is 1450. The summed E-state index contributed by atoms with van der Waals surface area (Å²) in [7, 11) is 6.28. The van der Waals surface area contributed by atoms with E-state index < -0.39 is 0 Å². The molecule has 1 unspecified atom stereocenters. The number of anilines is 4. The molecule has 3 aromatic rings. The molecular formula is C31H41N7OS. The molecule has 0 saturated carbocycles. The van der Waals surface area contributed by atoms with Gasteiger partial charge in [-0.15, -0.1) is 11.3 Å². The first-order valence-corrected chi connectivity index (χ1v) is 15.4. The number of nitrogens with zero attached hydrogens (tertiary/aromatic N) is 5. The van der Waals surface area contributed by atoms with E-state index >= 15 is 0 Å². The zero-order valence-corrected chi connectivity index (χ0v) is 25.2. The molecule has 40 heavy (non-hydrogen) atoms. The van der Waals surface area contributed by atoms with Crippen LogP contribution in [0.15, 0.2) is 24.0 Å². The molecule has 1 aliphatic carbocycles. The summed E-state index contributed by atoms with van der Waals surface area (Å²) in [5.41, 5.74) is 7.34. The summed E-state index contributed by atoms with van der Waals surface area (Å²) in [5, 5.41) is 8.52. The van der Waals surface area contributed by atoms with Crippen LogP contribution in [0.1, 0.15) is 49.1 Å². The van der Waals surface area contributed by atoms with Crippen LogP contribution in [0, 0.1) is 5.92 Å². The number of amides is 1. The van der Waals surface area contributed by atoms with Crippen LogP contribution in [-0.4, -0.2) is 79.0 Å². The van der Waals surface area contributed by atoms with Crippen LogP contribution in [0.5, 0.6) is 0 Å². The van der Waals surface area contributed by atoms with Crippen LogP contribution >= 0.6 is 11.3 Å². The summed E-state index contributed by atoms with van der Waals surface area (Å²) in [6.07, 6.45) is 8.80. The molecule has 2 aliphatic heterocycles. The average molecular weight is 560 g/mol. The zero-order valence-electron chi connectivity index (χ0n) is 24.4.